The number of fused-ring (bicyclic) bond motifs is 1. The first-order valence-electron chi connectivity index (χ1n) is 5.88. The van der Waals surface area contributed by atoms with Crippen LogP contribution >= 0.6 is 34.2 Å². The molecule has 3 rings (SSSR count). The summed E-state index contributed by atoms with van der Waals surface area (Å²) in [5, 5.41) is 14.5. The molecule has 4 nitrogen and oxygen atoms in total. The highest BCUT2D eigenvalue weighted by Crippen LogP contribution is 2.34. The maximum absolute atomic E-state index is 14.5. The van der Waals surface area contributed by atoms with Crippen molar-refractivity contribution in [1.29, 1.82) is 5.26 Å². The second-order valence-corrected chi connectivity index (χ2v) is 6.00. The third-order valence-corrected chi connectivity index (χ3v) is 4.15. The monoisotopic (exact) mass is 412 g/mol. The predicted molar refractivity (Wildman–Crippen MR) is 86.3 cm³/mol. The summed E-state index contributed by atoms with van der Waals surface area (Å²) in [5.74, 6) is -0.504. The third-order valence-electron chi connectivity index (χ3n) is 3.15. The van der Waals surface area contributed by atoms with E-state index in [0.29, 0.717) is 21.6 Å². The number of aromatic nitrogens is 3. The summed E-state index contributed by atoms with van der Waals surface area (Å²) < 4.78 is 16.8. The first-order chi connectivity index (χ1) is 10.0. The molecule has 0 saturated carbocycles. The van der Waals surface area contributed by atoms with E-state index in [-0.39, 0.29) is 11.1 Å². The fourth-order valence-corrected chi connectivity index (χ4v) is 3.15. The van der Waals surface area contributed by atoms with E-state index in [1.54, 1.807) is 24.0 Å². The molecule has 21 heavy (non-hydrogen) atoms. The number of nitriles is 1. The number of benzene rings is 1. The van der Waals surface area contributed by atoms with E-state index in [0.717, 1.165) is 3.57 Å². The number of hydrogen-bond acceptors (Lipinski definition) is 3. The van der Waals surface area contributed by atoms with Crippen molar-refractivity contribution in [2.24, 2.45) is 7.05 Å². The number of hydrogen-bond donors (Lipinski definition) is 0. The van der Waals surface area contributed by atoms with Gasteiger partial charge in [-0.2, -0.15) is 10.4 Å². The van der Waals surface area contributed by atoms with Gasteiger partial charge in [0, 0.05) is 24.7 Å². The van der Waals surface area contributed by atoms with Crippen molar-refractivity contribution in [2.75, 3.05) is 0 Å². The van der Waals surface area contributed by atoms with E-state index in [1.165, 1.54) is 12.3 Å². The molecule has 0 aliphatic carbocycles. The Kier molecular flexibility index (Phi) is 3.55. The molecule has 0 bridgehead atoms. The van der Waals surface area contributed by atoms with E-state index >= 15 is 0 Å². The zero-order valence-corrected chi connectivity index (χ0v) is 13.6. The first-order valence-corrected chi connectivity index (χ1v) is 7.34. The third kappa shape index (κ3) is 2.26. The highest BCUT2D eigenvalue weighted by Gasteiger charge is 2.21. The Morgan fingerprint density at radius 1 is 1.38 bits per heavy atom. The van der Waals surface area contributed by atoms with E-state index in [4.69, 9.17) is 11.6 Å². The fourth-order valence-electron chi connectivity index (χ4n) is 2.25. The molecule has 0 aliphatic heterocycles. The largest absolute Gasteiger partial charge is 0.267 e. The molecule has 2 aromatic heterocycles. The lowest BCUT2D eigenvalue weighted by Crippen LogP contribution is -2.00. The Balaban J connectivity index is 2.49. The SMILES string of the molecule is Cn1ncc(I)c1-c1c(F)cc2ncc(Cl)cc2c1C#N. The molecule has 0 aliphatic rings. The lowest BCUT2D eigenvalue weighted by atomic mass is 9.99. The summed E-state index contributed by atoms with van der Waals surface area (Å²) in [6.45, 7) is 0. The summed E-state index contributed by atoms with van der Waals surface area (Å²) in [7, 11) is 1.71. The minimum Gasteiger partial charge on any atom is -0.267 e. The summed E-state index contributed by atoms with van der Waals surface area (Å²) >= 11 is 8.01. The minimum atomic E-state index is -0.504. The topological polar surface area (TPSA) is 54.5 Å². The zero-order valence-electron chi connectivity index (χ0n) is 10.7. The van der Waals surface area contributed by atoms with E-state index in [1.807, 2.05) is 0 Å². The molecular weight excluding hydrogens is 406 g/mol. The molecule has 0 fully saturated rings. The average molecular weight is 413 g/mol. The lowest BCUT2D eigenvalue weighted by molar-refractivity contribution is 0.629. The average Bonchev–Trinajstić information content (AvgIpc) is 2.77. The van der Waals surface area contributed by atoms with Crippen molar-refractivity contribution < 1.29 is 4.39 Å². The number of pyridine rings is 1. The van der Waals surface area contributed by atoms with Gasteiger partial charge in [-0.3, -0.25) is 9.67 Å². The summed E-state index contributed by atoms with van der Waals surface area (Å²) in [6, 6.07) is 5.00. The van der Waals surface area contributed by atoms with Gasteiger partial charge < -0.3 is 0 Å². The predicted octanol–water partition coefficient (Wildman–Crippen LogP) is 3.90. The number of halogens is 3. The Morgan fingerprint density at radius 3 is 2.76 bits per heavy atom. The maximum Gasteiger partial charge on any atom is 0.136 e. The van der Waals surface area contributed by atoms with Gasteiger partial charge in [0.2, 0.25) is 0 Å². The van der Waals surface area contributed by atoms with E-state index < -0.39 is 5.82 Å². The molecule has 1 aromatic carbocycles. The van der Waals surface area contributed by atoms with Crippen LogP contribution in [0.2, 0.25) is 5.02 Å². The van der Waals surface area contributed by atoms with Crippen LogP contribution in [0.1, 0.15) is 5.56 Å². The van der Waals surface area contributed by atoms with Gasteiger partial charge in [-0.15, -0.1) is 0 Å². The Morgan fingerprint density at radius 2 is 2.14 bits per heavy atom. The molecule has 0 saturated heterocycles. The van der Waals surface area contributed by atoms with Gasteiger partial charge in [-0.25, -0.2) is 4.39 Å². The van der Waals surface area contributed by atoms with Crippen LogP contribution in [-0.2, 0) is 7.05 Å². The molecule has 0 spiro atoms. The van der Waals surface area contributed by atoms with Crippen LogP contribution in [0.3, 0.4) is 0 Å². The summed E-state index contributed by atoms with van der Waals surface area (Å²) in [6.07, 6.45) is 3.05. The zero-order chi connectivity index (χ0) is 15.1. The first kappa shape index (κ1) is 14.2. The lowest BCUT2D eigenvalue weighted by Gasteiger charge is -2.10. The Hall–Kier alpha value is -1.72. The van der Waals surface area contributed by atoms with Gasteiger partial charge in [0.25, 0.3) is 0 Å². The molecule has 0 unspecified atom stereocenters. The Bertz CT molecular complexity index is 894. The summed E-state index contributed by atoms with van der Waals surface area (Å²) in [5.41, 5.74) is 1.39. The molecule has 0 N–H and O–H groups in total. The van der Waals surface area contributed by atoms with Crippen LogP contribution in [0, 0.1) is 20.7 Å². The van der Waals surface area contributed by atoms with Crippen molar-refractivity contribution >= 4 is 45.1 Å². The van der Waals surface area contributed by atoms with Crippen LogP contribution in [0.15, 0.2) is 24.5 Å². The van der Waals surface area contributed by atoms with Crippen molar-refractivity contribution in [3.63, 3.8) is 0 Å². The molecule has 0 radical (unpaired) electrons. The minimum absolute atomic E-state index is 0.210. The van der Waals surface area contributed by atoms with Crippen molar-refractivity contribution in [3.8, 4) is 17.3 Å². The van der Waals surface area contributed by atoms with Gasteiger partial charge in [0.1, 0.15) is 11.9 Å². The normalized spacial score (nSPS) is 10.8. The maximum atomic E-state index is 14.5. The number of aryl methyl sites for hydroxylation is 1. The standard InChI is InChI=1S/C14H7ClFIN4/c1-21-14(11(17)6-20-21)13-9(4-18)8-2-7(15)5-19-12(8)3-10(13)16/h2-3,5-6H,1H3. The van der Waals surface area contributed by atoms with Gasteiger partial charge in [-0.1, -0.05) is 11.6 Å². The van der Waals surface area contributed by atoms with Crippen LogP contribution < -0.4 is 0 Å². The van der Waals surface area contributed by atoms with Crippen LogP contribution in [0.4, 0.5) is 4.39 Å². The van der Waals surface area contributed by atoms with Gasteiger partial charge in [0.05, 0.1) is 37.1 Å². The second-order valence-electron chi connectivity index (χ2n) is 4.41. The van der Waals surface area contributed by atoms with Crippen LogP contribution in [-0.4, -0.2) is 14.8 Å². The van der Waals surface area contributed by atoms with Crippen LogP contribution in [0.5, 0.6) is 0 Å². The molecule has 0 amide bonds. The number of rotatable bonds is 1. The molecule has 104 valence electrons. The molecule has 0 atom stereocenters. The smallest absolute Gasteiger partial charge is 0.136 e. The van der Waals surface area contributed by atoms with E-state index in [2.05, 4.69) is 38.7 Å². The van der Waals surface area contributed by atoms with Gasteiger partial charge in [0.15, 0.2) is 0 Å². The van der Waals surface area contributed by atoms with Crippen molar-refractivity contribution in [2.45, 2.75) is 0 Å². The van der Waals surface area contributed by atoms with Gasteiger partial charge in [-0.05, 0) is 28.7 Å². The van der Waals surface area contributed by atoms with E-state index in [9.17, 15) is 9.65 Å². The van der Waals surface area contributed by atoms with Gasteiger partial charge >= 0.3 is 0 Å². The molecule has 2 heterocycles. The summed E-state index contributed by atoms with van der Waals surface area (Å²) in [4.78, 5) is 4.07. The highest BCUT2D eigenvalue weighted by molar-refractivity contribution is 14.1. The number of nitrogens with zero attached hydrogens (tertiary/aromatic N) is 4. The fraction of sp³-hybridized carbons (Fsp3) is 0.0714. The molecular formula is C14H7ClFIN4. The van der Waals surface area contributed by atoms with Crippen molar-refractivity contribution in [1.82, 2.24) is 14.8 Å². The van der Waals surface area contributed by atoms with Crippen molar-refractivity contribution in [3.05, 3.63) is 44.5 Å². The molecule has 7 heteroatoms. The quantitative estimate of drug-likeness (QED) is 0.570. The highest BCUT2D eigenvalue weighted by atomic mass is 127. The second kappa shape index (κ2) is 5.24. The van der Waals surface area contributed by atoms with Crippen LogP contribution in [0.25, 0.3) is 22.2 Å². The molecule has 3 aromatic rings. The Labute approximate surface area is 138 Å².